The molecule has 0 saturated heterocycles. The van der Waals surface area contributed by atoms with Gasteiger partial charge >= 0.3 is 5.69 Å². The van der Waals surface area contributed by atoms with Crippen LogP contribution in [0.3, 0.4) is 0 Å². The van der Waals surface area contributed by atoms with Crippen LogP contribution in [0.5, 0.6) is 0 Å². The van der Waals surface area contributed by atoms with Gasteiger partial charge in [-0.3, -0.25) is 10.1 Å². The Morgan fingerprint density at radius 1 is 1.43 bits per heavy atom. The molecule has 21 heavy (non-hydrogen) atoms. The van der Waals surface area contributed by atoms with Crippen molar-refractivity contribution < 1.29 is 18.1 Å². The first-order chi connectivity index (χ1) is 9.89. The molecule has 0 bridgehead atoms. The van der Waals surface area contributed by atoms with Crippen LogP contribution in [0.2, 0.25) is 0 Å². The average molecular weight is 314 g/mol. The van der Waals surface area contributed by atoms with E-state index in [1.165, 1.54) is 31.0 Å². The van der Waals surface area contributed by atoms with Crippen LogP contribution < -0.4 is 5.32 Å². The van der Waals surface area contributed by atoms with Crippen molar-refractivity contribution in [3.05, 3.63) is 28.3 Å². The molecule has 0 heterocycles. The number of sulfone groups is 1. The Hall–Kier alpha value is -1.67. The standard InChI is InChI=1S/C13H18N2O5S/c1-21(18,19)12-4-2-3-11(13(12)15(16)17)14-7-8-20-9-10-5-6-10/h2-4,10,14H,5-9H2,1H3. The van der Waals surface area contributed by atoms with Crippen molar-refractivity contribution in [2.45, 2.75) is 17.7 Å². The monoisotopic (exact) mass is 314 g/mol. The average Bonchev–Trinajstić information content (AvgIpc) is 3.20. The number of nitrogens with zero attached hydrogens (tertiary/aromatic N) is 1. The second-order valence-corrected chi connectivity index (χ2v) is 7.11. The fourth-order valence-electron chi connectivity index (χ4n) is 1.94. The number of nitrogens with one attached hydrogen (secondary N) is 1. The van der Waals surface area contributed by atoms with Gasteiger partial charge in [0.15, 0.2) is 9.84 Å². The predicted octanol–water partition coefficient (Wildman–Crippen LogP) is 1.84. The molecule has 0 radical (unpaired) electrons. The van der Waals surface area contributed by atoms with E-state index in [-0.39, 0.29) is 10.6 Å². The molecule has 0 spiro atoms. The quantitative estimate of drug-likeness (QED) is 0.446. The number of rotatable bonds is 8. The second kappa shape index (κ2) is 6.40. The zero-order valence-corrected chi connectivity index (χ0v) is 12.6. The predicted molar refractivity (Wildman–Crippen MR) is 78.2 cm³/mol. The summed E-state index contributed by atoms with van der Waals surface area (Å²) in [5.74, 6) is 0.660. The van der Waals surface area contributed by atoms with E-state index in [9.17, 15) is 18.5 Å². The lowest BCUT2D eigenvalue weighted by molar-refractivity contribution is -0.386. The molecule has 116 valence electrons. The summed E-state index contributed by atoms with van der Waals surface area (Å²) in [6, 6.07) is 4.21. The molecule has 0 unspecified atom stereocenters. The molecule has 0 aliphatic heterocycles. The SMILES string of the molecule is CS(=O)(=O)c1cccc(NCCOCC2CC2)c1[N+](=O)[O-]. The van der Waals surface area contributed by atoms with Gasteiger partial charge < -0.3 is 10.1 Å². The molecule has 1 aliphatic carbocycles. The van der Waals surface area contributed by atoms with Gasteiger partial charge in [0, 0.05) is 19.4 Å². The van der Waals surface area contributed by atoms with E-state index in [0.29, 0.717) is 25.7 Å². The number of anilines is 1. The Morgan fingerprint density at radius 2 is 2.14 bits per heavy atom. The zero-order chi connectivity index (χ0) is 15.5. The normalized spacial score (nSPS) is 14.9. The van der Waals surface area contributed by atoms with Crippen LogP contribution in [0.1, 0.15) is 12.8 Å². The first-order valence-electron chi connectivity index (χ1n) is 6.68. The van der Waals surface area contributed by atoms with Crippen LogP contribution in [0.4, 0.5) is 11.4 Å². The molecular formula is C13H18N2O5S. The third-order valence-corrected chi connectivity index (χ3v) is 4.32. The lowest BCUT2D eigenvalue weighted by Gasteiger charge is -2.09. The van der Waals surface area contributed by atoms with Crippen molar-refractivity contribution in [1.82, 2.24) is 0 Å². The molecule has 1 aliphatic rings. The summed E-state index contributed by atoms with van der Waals surface area (Å²) in [5.41, 5.74) is -0.222. The van der Waals surface area contributed by atoms with Gasteiger partial charge in [-0.05, 0) is 30.9 Å². The summed E-state index contributed by atoms with van der Waals surface area (Å²) < 4.78 is 28.6. The highest BCUT2D eigenvalue weighted by atomic mass is 32.2. The molecule has 0 atom stereocenters. The Balaban J connectivity index is 2.05. The largest absolute Gasteiger partial charge is 0.379 e. The molecule has 1 N–H and O–H groups in total. The number of hydrogen-bond acceptors (Lipinski definition) is 6. The molecular weight excluding hydrogens is 296 g/mol. The zero-order valence-electron chi connectivity index (χ0n) is 11.7. The Morgan fingerprint density at radius 3 is 2.71 bits per heavy atom. The smallest absolute Gasteiger partial charge is 0.310 e. The number of nitro groups is 1. The minimum atomic E-state index is -3.65. The molecule has 0 aromatic heterocycles. The number of ether oxygens (including phenoxy) is 1. The molecule has 0 amide bonds. The molecule has 1 saturated carbocycles. The van der Waals surface area contributed by atoms with Crippen LogP contribution in [-0.2, 0) is 14.6 Å². The van der Waals surface area contributed by atoms with Gasteiger partial charge in [-0.25, -0.2) is 8.42 Å². The van der Waals surface area contributed by atoms with Gasteiger partial charge in [0.25, 0.3) is 0 Å². The van der Waals surface area contributed by atoms with Crippen LogP contribution in [0, 0.1) is 16.0 Å². The van der Waals surface area contributed by atoms with E-state index in [4.69, 9.17) is 4.74 Å². The maximum atomic E-state index is 11.6. The van der Waals surface area contributed by atoms with Crippen molar-refractivity contribution in [2.75, 3.05) is 31.3 Å². The molecule has 1 aromatic carbocycles. The molecule has 1 fully saturated rings. The van der Waals surface area contributed by atoms with Gasteiger partial charge in [0.2, 0.25) is 0 Å². The Bertz CT molecular complexity index is 625. The van der Waals surface area contributed by atoms with Crippen molar-refractivity contribution in [2.24, 2.45) is 5.92 Å². The number of nitro benzene ring substituents is 1. The minimum Gasteiger partial charge on any atom is -0.379 e. The number of hydrogen-bond donors (Lipinski definition) is 1. The van der Waals surface area contributed by atoms with Gasteiger partial charge in [-0.15, -0.1) is 0 Å². The van der Waals surface area contributed by atoms with Crippen molar-refractivity contribution in [1.29, 1.82) is 0 Å². The summed E-state index contributed by atoms with van der Waals surface area (Å²) in [7, 11) is -3.65. The number of benzene rings is 1. The summed E-state index contributed by atoms with van der Waals surface area (Å²) in [6.45, 7) is 1.53. The first kappa shape index (κ1) is 15.7. The maximum absolute atomic E-state index is 11.6. The topological polar surface area (TPSA) is 98.5 Å². The Kier molecular flexibility index (Phi) is 4.79. The third kappa shape index (κ3) is 4.40. The second-order valence-electron chi connectivity index (χ2n) is 5.13. The highest BCUT2D eigenvalue weighted by Gasteiger charge is 2.26. The van der Waals surface area contributed by atoms with Crippen molar-refractivity contribution >= 4 is 21.2 Å². The van der Waals surface area contributed by atoms with E-state index < -0.39 is 20.4 Å². The van der Waals surface area contributed by atoms with Crippen LogP contribution in [0.15, 0.2) is 23.1 Å². The fraction of sp³-hybridized carbons (Fsp3) is 0.538. The number of para-hydroxylation sites is 1. The van der Waals surface area contributed by atoms with Gasteiger partial charge in [-0.1, -0.05) is 6.07 Å². The highest BCUT2D eigenvalue weighted by molar-refractivity contribution is 7.90. The van der Waals surface area contributed by atoms with Crippen LogP contribution >= 0.6 is 0 Å². The lowest BCUT2D eigenvalue weighted by Crippen LogP contribution is -2.13. The summed E-state index contributed by atoms with van der Waals surface area (Å²) in [5, 5.41) is 14.0. The molecule has 7 nitrogen and oxygen atoms in total. The molecule has 2 rings (SSSR count). The van der Waals surface area contributed by atoms with Gasteiger partial charge in [-0.2, -0.15) is 0 Å². The van der Waals surface area contributed by atoms with E-state index in [0.717, 1.165) is 6.26 Å². The Labute approximate surface area is 123 Å². The van der Waals surface area contributed by atoms with Crippen LogP contribution in [0.25, 0.3) is 0 Å². The van der Waals surface area contributed by atoms with E-state index in [2.05, 4.69) is 5.32 Å². The minimum absolute atomic E-state index is 0.193. The third-order valence-electron chi connectivity index (χ3n) is 3.19. The first-order valence-corrected chi connectivity index (χ1v) is 8.58. The highest BCUT2D eigenvalue weighted by Crippen LogP contribution is 2.32. The van der Waals surface area contributed by atoms with Crippen molar-refractivity contribution in [3.8, 4) is 0 Å². The summed E-state index contributed by atoms with van der Waals surface area (Å²) in [6.07, 6.45) is 3.36. The summed E-state index contributed by atoms with van der Waals surface area (Å²) in [4.78, 5) is 10.2. The van der Waals surface area contributed by atoms with E-state index in [1.54, 1.807) is 0 Å². The van der Waals surface area contributed by atoms with Crippen molar-refractivity contribution in [3.63, 3.8) is 0 Å². The maximum Gasteiger partial charge on any atom is 0.310 e. The summed E-state index contributed by atoms with van der Waals surface area (Å²) >= 11 is 0. The van der Waals surface area contributed by atoms with Gasteiger partial charge in [0.05, 0.1) is 11.5 Å². The fourth-order valence-corrected chi connectivity index (χ4v) is 2.81. The molecule has 1 aromatic rings. The van der Waals surface area contributed by atoms with Gasteiger partial charge in [0.1, 0.15) is 10.6 Å². The molecule has 8 heteroatoms. The van der Waals surface area contributed by atoms with Crippen LogP contribution in [-0.4, -0.2) is 39.4 Å². The van der Waals surface area contributed by atoms with E-state index >= 15 is 0 Å². The lowest BCUT2D eigenvalue weighted by atomic mass is 10.2. The van der Waals surface area contributed by atoms with E-state index in [1.807, 2.05) is 0 Å².